The van der Waals surface area contributed by atoms with Crippen LogP contribution < -0.4 is 4.72 Å². The van der Waals surface area contributed by atoms with Crippen LogP contribution >= 0.6 is 0 Å². The van der Waals surface area contributed by atoms with Crippen LogP contribution in [0.3, 0.4) is 0 Å². The fraction of sp³-hybridized carbons (Fsp3) is 0.455. The molecule has 1 rings (SSSR count). The van der Waals surface area contributed by atoms with E-state index < -0.39 is 16.0 Å². The lowest BCUT2D eigenvalue weighted by Crippen LogP contribution is -2.26. The van der Waals surface area contributed by atoms with Crippen LogP contribution in [0.2, 0.25) is 0 Å². The lowest BCUT2D eigenvalue weighted by Gasteiger charge is -2.18. The highest BCUT2D eigenvalue weighted by Crippen LogP contribution is 2.17. The van der Waals surface area contributed by atoms with Crippen LogP contribution in [-0.4, -0.2) is 30.2 Å². The Hall–Kier alpha value is -1.63. The maximum atomic E-state index is 11.8. The maximum Gasteiger partial charge on any atom is 0.337 e. The van der Waals surface area contributed by atoms with Gasteiger partial charge in [-0.15, -0.1) is 0 Å². The first-order chi connectivity index (χ1) is 8.09. The minimum atomic E-state index is -3.49. The van der Waals surface area contributed by atoms with Gasteiger partial charge in [0.2, 0.25) is 10.0 Å². The molecule has 18 heavy (non-hydrogen) atoms. The first-order valence-electron chi connectivity index (χ1n) is 5.29. The van der Waals surface area contributed by atoms with Crippen LogP contribution in [0.25, 0.3) is 0 Å². The smallest absolute Gasteiger partial charge is 0.337 e. The number of pyridine rings is 1. The van der Waals surface area contributed by atoms with Gasteiger partial charge in [0.25, 0.3) is 0 Å². The summed E-state index contributed by atoms with van der Waals surface area (Å²) in [5, 5.41) is 8.68. The molecular formula is C11H16N2O4S. The number of aromatic nitrogens is 1. The molecule has 0 atom stereocenters. The van der Waals surface area contributed by atoms with Crippen LogP contribution in [0, 0.1) is 5.41 Å². The zero-order valence-electron chi connectivity index (χ0n) is 10.5. The minimum absolute atomic E-state index is 0.00812. The number of carboxylic acid groups (broad SMARTS) is 1. The van der Waals surface area contributed by atoms with Crippen molar-refractivity contribution in [2.45, 2.75) is 20.8 Å². The second-order valence-corrected chi connectivity index (χ2v) is 6.88. The molecule has 0 radical (unpaired) electrons. The van der Waals surface area contributed by atoms with E-state index in [9.17, 15) is 13.2 Å². The Labute approximate surface area is 106 Å². The lowest BCUT2D eigenvalue weighted by molar-refractivity contribution is 0.0696. The molecule has 100 valence electrons. The van der Waals surface area contributed by atoms with Crippen LogP contribution in [0.15, 0.2) is 18.3 Å². The number of sulfonamides is 1. The Morgan fingerprint density at radius 1 is 1.39 bits per heavy atom. The number of rotatable bonds is 4. The first-order valence-corrected chi connectivity index (χ1v) is 6.94. The third-order valence-corrected chi connectivity index (χ3v) is 3.66. The molecule has 0 saturated heterocycles. The average Bonchev–Trinajstić information content (AvgIpc) is 2.13. The molecule has 6 nitrogen and oxygen atoms in total. The van der Waals surface area contributed by atoms with E-state index in [-0.39, 0.29) is 22.5 Å². The number of carboxylic acids is 1. The Kier molecular flexibility index (Phi) is 3.95. The van der Waals surface area contributed by atoms with Gasteiger partial charge in [-0.25, -0.2) is 18.2 Å². The van der Waals surface area contributed by atoms with Crippen molar-refractivity contribution in [1.29, 1.82) is 0 Å². The van der Waals surface area contributed by atoms with Crippen molar-refractivity contribution in [2.75, 3.05) is 10.5 Å². The normalized spacial score (nSPS) is 12.2. The van der Waals surface area contributed by atoms with Gasteiger partial charge in [-0.2, -0.15) is 0 Å². The average molecular weight is 272 g/mol. The van der Waals surface area contributed by atoms with Crippen LogP contribution in [-0.2, 0) is 10.0 Å². The van der Waals surface area contributed by atoms with Gasteiger partial charge >= 0.3 is 5.97 Å². The first kappa shape index (κ1) is 14.4. The van der Waals surface area contributed by atoms with Gasteiger partial charge in [0, 0.05) is 6.20 Å². The molecule has 7 heteroatoms. The summed E-state index contributed by atoms with van der Waals surface area (Å²) in [6.07, 6.45) is 1.11. The molecule has 2 N–H and O–H groups in total. The van der Waals surface area contributed by atoms with Gasteiger partial charge < -0.3 is 5.11 Å². The van der Waals surface area contributed by atoms with Crippen LogP contribution in [0.1, 0.15) is 31.1 Å². The highest BCUT2D eigenvalue weighted by Gasteiger charge is 2.21. The number of carbonyl (C=O) groups is 1. The van der Waals surface area contributed by atoms with Crippen LogP contribution in [0.5, 0.6) is 0 Å². The number of nitrogens with one attached hydrogen (secondary N) is 1. The topological polar surface area (TPSA) is 96.4 Å². The molecule has 1 heterocycles. The van der Waals surface area contributed by atoms with E-state index in [0.29, 0.717) is 0 Å². The highest BCUT2D eigenvalue weighted by molar-refractivity contribution is 7.92. The number of aromatic carboxylic acids is 1. The lowest BCUT2D eigenvalue weighted by atomic mass is 10.0. The number of anilines is 1. The molecule has 1 aromatic heterocycles. The van der Waals surface area contributed by atoms with Crippen molar-refractivity contribution >= 4 is 21.8 Å². The summed E-state index contributed by atoms with van der Waals surface area (Å²) in [7, 11) is -3.49. The maximum absolute atomic E-state index is 11.8. The molecule has 0 bridgehead atoms. The predicted molar refractivity (Wildman–Crippen MR) is 68.1 cm³/mol. The van der Waals surface area contributed by atoms with E-state index in [2.05, 4.69) is 9.71 Å². The Bertz CT molecular complexity index is 529. The van der Waals surface area contributed by atoms with Gasteiger partial charge in [-0.3, -0.25) is 4.72 Å². The number of nitrogens with zero attached hydrogens (tertiary/aromatic N) is 1. The second kappa shape index (κ2) is 4.93. The van der Waals surface area contributed by atoms with Gasteiger partial charge in [-0.05, 0) is 17.5 Å². The SMILES string of the molecule is CC(C)(C)CS(=O)(=O)Nc1ccc(C(=O)O)cn1. The van der Waals surface area contributed by atoms with Crippen molar-refractivity contribution in [2.24, 2.45) is 5.41 Å². The molecule has 0 aliphatic rings. The molecule has 0 unspecified atom stereocenters. The monoisotopic (exact) mass is 272 g/mol. The van der Waals surface area contributed by atoms with Gasteiger partial charge in [0.1, 0.15) is 5.82 Å². The summed E-state index contributed by atoms with van der Waals surface area (Å²) >= 11 is 0. The molecular weight excluding hydrogens is 256 g/mol. The molecule has 0 fully saturated rings. The standard InChI is InChI=1S/C11H16N2O4S/c1-11(2,3)7-18(16,17)13-9-5-4-8(6-12-9)10(14)15/h4-6H,7H2,1-3H3,(H,12,13)(H,14,15). The summed E-state index contributed by atoms with van der Waals surface area (Å²) in [4.78, 5) is 14.4. The molecule has 0 aromatic carbocycles. The van der Waals surface area contributed by atoms with Crippen molar-refractivity contribution in [1.82, 2.24) is 4.98 Å². The number of hydrogen-bond acceptors (Lipinski definition) is 4. The molecule has 0 spiro atoms. The zero-order valence-corrected chi connectivity index (χ0v) is 11.3. The van der Waals surface area contributed by atoms with Crippen molar-refractivity contribution in [3.63, 3.8) is 0 Å². The van der Waals surface area contributed by atoms with E-state index in [0.717, 1.165) is 6.20 Å². The summed E-state index contributed by atoms with van der Waals surface area (Å²) in [5.41, 5.74) is -0.360. The third kappa shape index (κ3) is 4.70. The zero-order chi connectivity index (χ0) is 14.0. The van der Waals surface area contributed by atoms with Crippen molar-refractivity contribution in [3.05, 3.63) is 23.9 Å². The fourth-order valence-electron chi connectivity index (χ4n) is 1.35. The quantitative estimate of drug-likeness (QED) is 0.867. The van der Waals surface area contributed by atoms with E-state index in [1.807, 2.05) is 20.8 Å². The Morgan fingerprint density at radius 2 is 2.00 bits per heavy atom. The fourth-order valence-corrected chi connectivity index (χ4v) is 3.00. The summed E-state index contributed by atoms with van der Waals surface area (Å²) in [6, 6.07) is 2.62. The van der Waals surface area contributed by atoms with Gasteiger partial charge in [-0.1, -0.05) is 20.8 Å². The van der Waals surface area contributed by atoms with Crippen LogP contribution in [0.4, 0.5) is 5.82 Å². The third-order valence-electron chi connectivity index (χ3n) is 1.89. The van der Waals surface area contributed by atoms with Gasteiger partial charge in [0.15, 0.2) is 0 Å². The summed E-state index contributed by atoms with van der Waals surface area (Å²) in [5.74, 6) is -1.03. The molecule has 0 amide bonds. The molecule has 0 aliphatic heterocycles. The largest absolute Gasteiger partial charge is 0.478 e. The van der Waals surface area contributed by atoms with Crippen molar-refractivity contribution < 1.29 is 18.3 Å². The van der Waals surface area contributed by atoms with Gasteiger partial charge in [0.05, 0.1) is 11.3 Å². The Balaban J connectivity index is 2.82. The van der Waals surface area contributed by atoms with E-state index in [1.165, 1.54) is 12.1 Å². The highest BCUT2D eigenvalue weighted by atomic mass is 32.2. The Morgan fingerprint density at radius 3 is 2.39 bits per heavy atom. The van der Waals surface area contributed by atoms with E-state index in [1.54, 1.807) is 0 Å². The minimum Gasteiger partial charge on any atom is -0.478 e. The van der Waals surface area contributed by atoms with E-state index in [4.69, 9.17) is 5.11 Å². The second-order valence-electron chi connectivity index (χ2n) is 5.16. The summed E-state index contributed by atoms with van der Waals surface area (Å²) < 4.78 is 25.8. The molecule has 0 aliphatic carbocycles. The number of hydrogen-bond donors (Lipinski definition) is 2. The summed E-state index contributed by atoms with van der Waals surface area (Å²) in [6.45, 7) is 5.44. The van der Waals surface area contributed by atoms with E-state index >= 15 is 0 Å². The predicted octanol–water partition coefficient (Wildman–Crippen LogP) is 1.57. The molecule has 0 saturated carbocycles. The molecule has 1 aromatic rings. The van der Waals surface area contributed by atoms with Crippen molar-refractivity contribution in [3.8, 4) is 0 Å².